The maximum Gasteiger partial charge on any atom is 0.126 e. The van der Waals surface area contributed by atoms with Gasteiger partial charge in [-0.25, -0.2) is 0 Å². The third-order valence-corrected chi connectivity index (χ3v) is 6.19. The Labute approximate surface area is 117 Å². The highest BCUT2D eigenvalue weighted by molar-refractivity contribution is 5.61. The quantitative estimate of drug-likeness (QED) is 0.616. The standard InChI is InChI=1S/C18H26O/c1-13-5-6-14-7-8-16-17(2,12-19)9-4-10-18(16,3)15(14)11-13/h11-12,16H,4-10H2,1-3H3/t16?,17-,18?/m1/s1. The zero-order valence-corrected chi connectivity index (χ0v) is 12.6. The van der Waals surface area contributed by atoms with E-state index < -0.39 is 0 Å². The summed E-state index contributed by atoms with van der Waals surface area (Å²) in [6.45, 7) is 6.90. The van der Waals surface area contributed by atoms with Crippen molar-refractivity contribution in [2.75, 3.05) is 0 Å². The predicted octanol–water partition coefficient (Wildman–Crippen LogP) is 4.83. The van der Waals surface area contributed by atoms with Crippen molar-refractivity contribution in [2.45, 2.75) is 65.7 Å². The van der Waals surface area contributed by atoms with Gasteiger partial charge in [0.2, 0.25) is 0 Å². The van der Waals surface area contributed by atoms with Crippen LogP contribution in [-0.2, 0) is 4.79 Å². The molecular weight excluding hydrogens is 232 g/mol. The first-order valence-corrected chi connectivity index (χ1v) is 7.86. The van der Waals surface area contributed by atoms with Gasteiger partial charge >= 0.3 is 0 Å². The van der Waals surface area contributed by atoms with Gasteiger partial charge in [-0.05, 0) is 62.4 Å². The minimum Gasteiger partial charge on any atom is -0.303 e. The molecule has 3 aliphatic rings. The zero-order chi connectivity index (χ0) is 13.7. The number of carbonyl (C=O) groups is 1. The maximum absolute atomic E-state index is 11.7. The average Bonchev–Trinajstić information content (AvgIpc) is 2.39. The molecule has 0 saturated heterocycles. The van der Waals surface area contributed by atoms with Gasteiger partial charge in [-0.2, -0.15) is 0 Å². The van der Waals surface area contributed by atoms with E-state index in [-0.39, 0.29) is 10.8 Å². The first-order chi connectivity index (χ1) is 8.99. The molecule has 19 heavy (non-hydrogen) atoms. The lowest BCUT2D eigenvalue weighted by atomic mass is 9.49. The van der Waals surface area contributed by atoms with Crippen molar-refractivity contribution >= 4 is 6.29 Å². The smallest absolute Gasteiger partial charge is 0.126 e. The van der Waals surface area contributed by atoms with Gasteiger partial charge in [-0.15, -0.1) is 0 Å². The average molecular weight is 258 g/mol. The molecule has 3 aliphatic carbocycles. The molecule has 1 heteroatoms. The van der Waals surface area contributed by atoms with Crippen LogP contribution in [0.2, 0.25) is 0 Å². The molecule has 0 radical (unpaired) electrons. The molecule has 0 spiro atoms. The molecular formula is C18H26O. The van der Waals surface area contributed by atoms with Crippen molar-refractivity contribution in [3.05, 3.63) is 22.8 Å². The number of hydrogen-bond donors (Lipinski definition) is 0. The van der Waals surface area contributed by atoms with Crippen LogP contribution in [-0.4, -0.2) is 6.29 Å². The molecule has 3 atom stereocenters. The van der Waals surface area contributed by atoms with Crippen LogP contribution in [0.3, 0.4) is 0 Å². The van der Waals surface area contributed by atoms with Crippen molar-refractivity contribution in [3.8, 4) is 0 Å². The maximum atomic E-state index is 11.7. The van der Waals surface area contributed by atoms with E-state index in [2.05, 4.69) is 26.8 Å². The first kappa shape index (κ1) is 13.1. The van der Waals surface area contributed by atoms with Crippen molar-refractivity contribution in [3.63, 3.8) is 0 Å². The predicted molar refractivity (Wildman–Crippen MR) is 78.9 cm³/mol. The molecule has 104 valence electrons. The van der Waals surface area contributed by atoms with Crippen LogP contribution in [0.1, 0.15) is 65.7 Å². The summed E-state index contributed by atoms with van der Waals surface area (Å²) in [5.74, 6) is 0.548. The van der Waals surface area contributed by atoms with E-state index in [4.69, 9.17) is 0 Å². The van der Waals surface area contributed by atoms with Crippen LogP contribution in [0.25, 0.3) is 0 Å². The second-order valence-electron chi connectivity index (χ2n) is 7.49. The number of allylic oxidation sites excluding steroid dienone is 4. The number of hydrogen-bond acceptors (Lipinski definition) is 1. The number of aldehydes is 1. The van der Waals surface area contributed by atoms with E-state index in [0.717, 1.165) is 6.42 Å². The summed E-state index contributed by atoms with van der Waals surface area (Å²) in [5, 5.41) is 0. The van der Waals surface area contributed by atoms with Gasteiger partial charge in [0.25, 0.3) is 0 Å². The summed E-state index contributed by atoms with van der Waals surface area (Å²) in [5.41, 5.74) is 4.99. The lowest BCUT2D eigenvalue weighted by molar-refractivity contribution is -0.124. The SMILES string of the molecule is CC1=CC2=C(CC1)CCC1C2(C)CCC[C@]1(C)C=O. The summed E-state index contributed by atoms with van der Waals surface area (Å²) in [7, 11) is 0. The Morgan fingerprint density at radius 2 is 2.00 bits per heavy atom. The molecule has 1 saturated carbocycles. The highest BCUT2D eigenvalue weighted by atomic mass is 16.1. The van der Waals surface area contributed by atoms with E-state index in [9.17, 15) is 4.79 Å². The molecule has 0 aromatic carbocycles. The van der Waals surface area contributed by atoms with E-state index in [1.165, 1.54) is 50.4 Å². The second kappa shape index (κ2) is 4.33. The Balaban J connectivity index is 2.07. The Morgan fingerprint density at radius 1 is 1.21 bits per heavy atom. The molecule has 1 nitrogen and oxygen atoms in total. The van der Waals surface area contributed by atoms with Gasteiger partial charge in [0.05, 0.1) is 0 Å². The van der Waals surface area contributed by atoms with Crippen LogP contribution >= 0.6 is 0 Å². The van der Waals surface area contributed by atoms with Gasteiger partial charge in [0, 0.05) is 5.41 Å². The highest BCUT2D eigenvalue weighted by Gasteiger charge is 2.52. The Hall–Kier alpha value is -0.850. The van der Waals surface area contributed by atoms with Crippen LogP contribution in [0.15, 0.2) is 22.8 Å². The largest absolute Gasteiger partial charge is 0.303 e. The Bertz CT molecular complexity index is 470. The van der Waals surface area contributed by atoms with Crippen molar-refractivity contribution in [1.82, 2.24) is 0 Å². The summed E-state index contributed by atoms with van der Waals surface area (Å²) >= 11 is 0. The van der Waals surface area contributed by atoms with Gasteiger partial charge in [0.1, 0.15) is 6.29 Å². The summed E-state index contributed by atoms with van der Waals surface area (Å²) in [6, 6.07) is 0. The number of carbonyl (C=O) groups excluding carboxylic acids is 1. The molecule has 0 amide bonds. The molecule has 0 aromatic rings. The van der Waals surface area contributed by atoms with Crippen LogP contribution in [0.5, 0.6) is 0 Å². The first-order valence-electron chi connectivity index (χ1n) is 7.86. The fourth-order valence-electron chi connectivity index (χ4n) is 5.07. The normalized spacial score (nSPS) is 42.3. The third-order valence-electron chi connectivity index (χ3n) is 6.19. The fourth-order valence-corrected chi connectivity index (χ4v) is 5.07. The number of rotatable bonds is 1. The molecule has 0 N–H and O–H groups in total. The van der Waals surface area contributed by atoms with Crippen molar-refractivity contribution < 1.29 is 4.79 Å². The minimum absolute atomic E-state index is 0.0925. The third kappa shape index (κ3) is 1.85. The summed E-state index contributed by atoms with van der Waals surface area (Å²) in [6.07, 6.45) is 12.2. The Morgan fingerprint density at radius 3 is 2.74 bits per heavy atom. The monoisotopic (exact) mass is 258 g/mol. The molecule has 2 unspecified atom stereocenters. The van der Waals surface area contributed by atoms with Gasteiger partial charge in [0.15, 0.2) is 0 Å². The van der Waals surface area contributed by atoms with Crippen LogP contribution in [0, 0.1) is 16.7 Å². The van der Waals surface area contributed by atoms with E-state index >= 15 is 0 Å². The zero-order valence-electron chi connectivity index (χ0n) is 12.6. The van der Waals surface area contributed by atoms with Crippen molar-refractivity contribution in [1.29, 1.82) is 0 Å². The molecule has 0 aliphatic heterocycles. The molecule has 3 rings (SSSR count). The minimum atomic E-state index is -0.0925. The fraction of sp³-hybridized carbons (Fsp3) is 0.722. The molecule has 0 bridgehead atoms. The topological polar surface area (TPSA) is 17.1 Å². The van der Waals surface area contributed by atoms with Crippen LogP contribution in [0.4, 0.5) is 0 Å². The molecule has 1 fully saturated rings. The van der Waals surface area contributed by atoms with E-state index in [1.54, 1.807) is 11.1 Å². The van der Waals surface area contributed by atoms with Crippen molar-refractivity contribution in [2.24, 2.45) is 16.7 Å². The molecule has 0 aromatic heterocycles. The summed E-state index contributed by atoms with van der Waals surface area (Å²) < 4.78 is 0. The second-order valence-corrected chi connectivity index (χ2v) is 7.49. The summed E-state index contributed by atoms with van der Waals surface area (Å²) in [4.78, 5) is 11.7. The highest BCUT2D eigenvalue weighted by Crippen LogP contribution is 2.60. The van der Waals surface area contributed by atoms with E-state index in [1.807, 2.05) is 0 Å². The lowest BCUT2D eigenvalue weighted by Crippen LogP contribution is -2.47. The van der Waals surface area contributed by atoms with Gasteiger partial charge in [-0.3, -0.25) is 0 Å². The number of fused-ring (bicyclic) bond motifs is 2. The van der Waals surface area contributed by atoms with E-state index in [0.29, 0.717) is 5.92 Å². The van der Waals surface area contributed by atoms with Gasteiger partial charge < -0.3 is 4.79 Å². The Kier molecular flexibility index (Phi) is 2.99. The lowest BCUT2D eigenvalue weighted by Gasteiger charge is -2.54. The van der Waals surface area contributed by atoms with Gasteiger partial charge in [-0.1, -0.05) is 37.5 Å². The van der Waals surface area contributed by atoms with Crippen LogP contribution < -0.4 is 0 Å². The molecule has 0 heterocycles.